The summed E-state index contributed by atoms with van der Waals surface area (Å²) < 4.78 is 26.5. The van der Waals surface area contributed by atoms with E-state index in [0.29, 0.717) is 16.1 Å². The highest BCUT2D eigenvalue weighted by atomic mass is 35.5. The number of nitrogens with one attached hydrogen (secondary N) is 1. The smallest absolute Gasteiger partial charge is 0.253 e. The van der Waals surface area contributed by atoms with Crippen LogP contribution in [0.15, 0.2) is 24.3 Å². The van der Waals surface area contributed by atoms with Crippen molar-refractivity contribution in [2.24, 2.45) is 0 Å². The van der Waals surface area contributed by atoms with Gasteiger partial charge in [0, 0.05) is 24.8 Å². The summed E-state index contributed by atoms with van der Waals surface area (Å²) in [7, 11) is 0. The Morgan fingerprint density at radius 3 is 2.52 bits per heavy atom. The van der Waals surface area contributed by atoms with Gasteiger partial charge in [0.25, 0.3) is 5.91 Å². The van der Waals surface area contributed by atoms with E-state index >= 15 is 0 Å². The second kappa shape index (κ2) is 6.67. The largest absolute Gasteiger partial charge is 0.388 e. The Morgan fingerprint density at radius 2 is 1.84 bits per heavy atom. The second-order valence-electron chi connectivity index (χ2n) is 6.39. The number of hydrogen-bond donors (Lipinski definition) is 2. The van der Waals surface area contributed by atoms with Gasteiger partial charge in [-0.2, -0.15) is 0 Å². The molecular weight excluding hydrogens is 373 g/mol. The monoisotopic (exact) mass is 388 g/mol. The third-order valence-electron chi connectivity index (χ3n) is 4.50. The van der Waals surface area contributed by atoms with E-state index in [1.807, 2.05) is 0 Å². The molecule has 134 valence electrons. The molecule has 0 radical (unpaired) electrons. The minimum absolute atomic E-state index is 0.0687. The van der Waals surface area contributed by atoms with Gasteiger partial charge in [-0.05, 0) is 37.1 Å². The summed E-state index contributed by atoms with van der Waals surface area (Å²) in [6.45, 7) is -0.115. The maximum atomic E-state index is 13.2. The van der Waals surface area contributed by atoms with E-state index in [-0.39, 0.29) is 30.0 Å². The van der Waals surface area contributed by atoms with E-state index in [4.69, 9.17) is 23.2 Å². The molecule has 2 aromatic rings. The van der Waals surface area contributed by atoms with Crippen molar-refractivity contribution in [3.63, 3.8) is 0 Å². The van der Waals surface area contributed by atoms with Gasteiger partial charge in [0.05, 0.1) is 21.7 Å². The van der Waals surface area contributed by atoms with E-state index in [1.54, 1.807) is 18.2 Å². The van der Waals surface area contributed by atoms with E-state index in [9.17, 15) is 18.7 Å². The highest BCUT2D eigenvalue weighted by molar-refractivity contribution is 6.36. The second-order valence-corrected chi connectivity index (χ2v) is 7.18. The molecule has 0 atom stereocenters. The number of aromatic nitrogens is 1. The average molecular weight is 389 g/mol. The van der Waals surface area contributed by atoms with Crippen LogP contribution < -0.4 is 5.32 Å². The molecule has 1 saturated carbocycles. The molecule has 0 spiro atoms. The molecule has 1 aliphatic carbocycles. The Bertz CT molecular complexity index is 820. The number of carbonyl (C=O) groups is 1. The summed E-state index contributed by atoms with van der Waals surface area (Å²) in [6.07, 6.45) is -0.922. The minimum Gasteiger partial charge on any atom is -0.388 e. The minimum atomic E-state index is -2.75. The van der Waals surface area contributed by atoms with Crippen LogP contribution in [0.4, 0.5) is 8.78 Å². The van der Waals surface area contributed by atoms with Gasteiger partial charge in [-0.25, -0.2) is 13.8 Å². The Morgan fingerprint density at radius 1 is 1.16 bits per heavy atom. The predicted octanol–water partition coefficient (Wildman–Crippen LogP) is 4.21. The fraction of sp³-hybridized carbons (Fsp3) is 0.412. The molecule has 3 rings (SSSR count). The van der Waals surface area contributed by atoms with Gasteiger partial charge < -0.3 is 10.4 Å². The first-order valence-electron chi connectivity index (χ1n) is 7.82. The first kappa shape index (κ1) is 18.3. The molecule has 25 heavy (non-hydrogen) atoms. The van der Waals surface area contributed by atoms with E-state index in [0.717, 1.165) is 0 Å². The van der Waals surface area contributed by atoms with Crippen LogP contribution in [0.1, 0.15) is 36.0 Å². The number of rotatable bonds is 3. The number of fused-ring (bicyclic) bond motifs is 1. The van der Waals surface area contributed by atoms with Gasteiger partial charge in [0.1, 0.15) is 5.15 Å². The summed E-state index contributed by atoms with van der Waals surface area (Å²) in [5, 5.41) is 14.1. The van der Waals surface area contributed by atoms with Gasteiger partial charge in [0.15, 0.2) is 0 Å². The van der Waals surface area contributed by atoms with Crippen molar-refractivity contribution in [1.29, 1.82) is 0 Å². The van der Waals surface area contributed by atoms with Crippen molar-refractivity contribution in [3.8, 4) is 0 Å². The van der Waals surface area contributed by atoms with Crippen molar-refractivity contribution in [2.75, 3.05) is 6.54 Å². The zero-order valence-corrected chi connectivity index (χ0v) is 14.7. The number of halogens is 4. The number of alkyl halides is 2. The standard InChI is InChI=1S/C17H16Cl2F2N2O2/c18-11-2-3-12-10(1-4-13(19)23-12)14(11)15(24)22-9-16(25)5-7-17(20,21)8-6-16/h1-4,25H,5-9H2,(H,22,24). The van der Waals surface area contributed by atoms with Crippen LogP contribution in [-0.4, -0.2) is 34.1 Å². The van der Waals surface area contributed by atoms with E-state index in [1.165, 1.54) is 6.07 Å². The Balaban J connectivity index is 1.78. The fourth-order valence-electron chi connectivity index (χ4n) is 2.97. The molecular formula is C17H16Cl2F2N2O2. The zero-order chi connectivity index (χ0) is 18.2. The lowest BCUT2D eigenvalue weighted by atomic mass is 9.82. The molecule has 0 bridgehead atoms. The predicted molar refractivity (Wildman–Crippen MR) is 92.5 cm³/mol. The van der Waals surface area contributed by atoms with Crippen LogP contribution in [0.5, 0.6) is 0 Å². The van der Waals surface area contributed by atoms with E-state index in [2.05, 4.69) is 10.3 Å². The molecule has 0 aliphatic heterocycles. The van der Waals surface area contributed by atoms with Crippen LogP contribution in [0.25, 0.3) is 10.9 Å². The number of nitrogens with zero attached hydrogens (tertiary/aromatic N) is 1. The molecule has 1 heterocycles. The molecule has 1 aromatic carbocycles. The molecule has 1 aliphatic rings. The summed E-state index contributed by atoms with van der Waals surface area (Å²) in [6, 6.07) is 6.38. The molecule has 4 nitrogen and oxygen atoms in total. The lowest BCUT2D eigenvalue weighted by Gasteiger charge is -2.35. The number of amides is 1. The number of hydrogen-bond acceptors (Lipinski definition) is 3. The Labute approximate surface area is 153 Å². The molecule has 0 unspecified atom stereocenters. The van der Waals surface area contributed by atoms with Crippen molar-refractivity contribution in [3.05, 3.63) is 40.0 Å². The number of pyridine rings is 1. The molecule has 1 fully saturated rings. The van der Waals surface area contributed by atoms with Crippen LogP contribution in [0, 0.1) is 0 Å². The van der Waals surface area contributed by atoms with Gasteiger partial charge in [-0.1, -0.05) is 23.2 Å². The maximum absolute atomic E-state index is 13.2. The van der Waals surface area contributed by atoms with Crippen LogP contribution >= 0.6 is 23.2 Å². The highest BCUT2D eigenvalue weighted by Gasteiger charge is 2.42. The third kappa shape index (κ3) is 4.02. The highest BCUT2D eigenvalue weighted by Crippen LogP contribution is 2.38. The SMILES string of the molecule is O=C(NCC1(O)CCC(F)(F)CC1)c1c(Cl)ccc2nc(Cl)ccc12. The van der Waals surface area contributed by atoms with Gasteiger partial charge >= 0.3 is 0 Å². The molecule has 8 heteroatoms. The Kier molecular flexibility index (Phi) is 4.88. The normalized spacial score (nSPS) is 18.9. The van der Waals surface area contributed by atoms with Crippen LogP contribution in [0.2, 0.25) is 10.2 Å². The van der Waals surface area contributed by atoms with Crippen LogP contribution in [-0.2, 0) is 0 Å². The summed E-state index contributed by atoms with van der Waals surface area (Å²) in [5.74, 6) is -3.24. The van der Waals surface area contributed by atoms with Crippen molar-refractivity contribution in [2.45, 2.75) is 37.2 Å². The van der Waals surface area contributed by atoms with Gasteiger partial charge in [0.2, 0.25) is 5.92 Å². The maximum Gasteiger partial charge on any atom is 0.253 e. The first-order chi connectivity index (χ1) is 11.7. The summed E-state index contributed by atoms with van der Waals surface area (Å²) in [4.78, 5) is 16.7. The van der Waals surface area contributed by atoms with E-state index < -0.39 is 30.3 Å². The lowest BCUT2D eigenvalue weighted by Crippen LogP contribution is -2.47. The topological polar surface area (TPSA) is 62.2 Å². The number of aliphatic hydroxyl groups is 1. The van der Waals surface area contributed by atoms with Crippen molar-refractivity contribution >= 4 is 40.0 Å². The molecule has 2 N–H and O–H groups in total. The number of carbonyl (C=O) groups excluding carboxylic acids is 1. The molecule has 0 saturated heterocycles. The first-order valence-corrected chi connectivity index (χ1v) is 8.58. The Hall–Kier alpha value is -1.50. The molecule has 1 amide bonds. The zero-order valence-electron chi connectivity index (χ0n) is 13.2. The van der Waals surface area contributed by atoms with Crippen LogP contribution in [0.3, 0.4) is 0 Å². The lowest BCUT2D eigenvalue weighted by molar-refractivity contribution is -0.101. The van der Waals surface area contributed by atoms with Gasteiger partial charge in [-0.3, -0.25) is 4.79 Å². The summed E-state index contributed by atoms with van der Waals surface area (Å²) in [5.41, 5.74) is -0.609. The number of benzene rings is 1. The van der Waals surface area contributed by atoms with Crippen molar-refractivity contribution in [1.82, 2.24) is 10.3 Å². The molecule has 1 aromatic heterocycles. The average Bonchev–Trinajstić information content (AvgIpc) is 2.56. The summed E-state index contributed by atoms with van der Waals surface area (Å²) >= 11 is 12.0. The third-order valence-corrected chi connectivity index (χ3v) is 5.03. The fourth-order valence-corrected chi connectivity index (χ4v) is 3.38. The van der Waals surface area contributed by atoms with Crippen molar-refractivity contribution < 1.29 is 18.7 Å². The van der Waals surface area contributed by atoms with Gasteiger partial charge in [-0.15, -0.1) is 0 Å². The quantitative estimate of drug-likeness (QED) is 0.774.